The lowest BCUT2D eigenvalue weighted by molar-refractivity contribution is -0.150. The van der Waals surface area contributed by atoms with Gasteiger partial charge >= 0.3 is 5.97 Å². The third kappa shape index (κ3) is 5.21. The standard InChI is InChI=1S/C12H25NO2S/c1-7-15-11(14)12(5,13-6)8-10(4)16-9(2)3/h9-10,13H,7-8H2,1-6H3. The molecule has 96 valence electrons. The third-order valence-corrected chi connectivity index (χ3v) is 3.65. The lowest BCUT2D eigenvalue weighted by Gasteiger charge is -2.29. The minimum absolute atomic E-state index is 0.159. The molecule has 0 saturated carbocycles. The lowest BCUT2D eigenvalue weighted by atomic mass is 9.96. The summed E-state index contributed by atoms with van der Waals surface area (Å²) in [7, 11) is 1.81. The molecule has 2 unspecified atom stereocenters. The van der Waals surface area contributed by atoms with Gasteiger partial charge < -0.3 is 10.1 Å². The van der Waals surface area contributed by atoms with Gasteiger partial charge in [0.05, 0.1) is 6.61 Å². The van der Waals surface area contributed by atoms with Gasteiger partial charge in [-0.15, -0.1) is 0 Å². The first kappa shape index (κ1) is 15.8. The molecule has 1 N–H and O–H groups in total. The van der Waals surface area contributed by atoms with Crippen molar-refractivity contribution in [1.82, 2.24) is 5.32 Å². The van der Waals surface area contributed by atoms with E-state index in [0.717, 1.165) is 6.42 Å². The molecule has 16 heavy (non-hydrogen) atoms. The van der Waals surface area contributed by atoms with Crippen molar-refractivity contribution in [3.05, 3.63) is 0 Å². The topological polar surface area (TPSA) is 38.3 Å². The Labute approximate surface area is 104 Å². The Balaban J connectivity index is 4.40. The fourth-order valence-electron chi connectivity index (χ4n) is 1.67. The van der Waals surface area contributed by atoms with Crippen LogP contribution in [0, 0.1) is 0 Å². The van der Waals surface area contributed by atoms with Crippen molar-refractivity contribution in [3.8, 4) is 0 Å². The van der Waals surface area contributed by atoms with E-state index in [0.29, 0.717) is 17.1 Å². The van der Waals surface area contributed by atoms with Crippen molar-refractivity contribution < 1.29 is 9.53 Å². The van der Waals surface area contributed by atoms with E-state index in [-0.39, 0.29) is 5.97 Å². The maximum Gasteiger partial charge on any atom is 0.326 e. The number of rotatable bonds is 7. The molecule has 0 aliphatic heterocycles. The van der Waals surface area contributed by atoms with Crippen LogP contribution in [0.3, 0.4) is 0 Å². The first-order chi connectivity index (χ1) is 7.35. The zero-order valence-electron chi connectivity index (χ0n) is 11.3. The second-order valence-corrected chi connectivity index (χ2v) is 6.52. The molecular formula is C12H25NO2S. The van der Waals surface area contributed by atoms with Gasteiger partial charge in [-0.25, -0.2) is 0 Å². The number of hydrogen-bond acceptors (Lipinski definition) is 4. The molecule has 0 aliphatic rings. The molecule has 0 aliphatic carbocycles. The quantitative estimate of drug-likeness (QED) is 0.701. The van der Waals surface area contributed by atoms with Gasteiger partial charge in [-0.1, -0.05) is 20.8 Å². The molecule has 0 heterocycles. The van der Waals surface area contributed by atoms with Crippen LogP contribution in [0.4, 0.5) is 0 Å². The van der Waals surface area contributed by atoms with E-state index < -0.39 is 5.54 Å². The van der Waals surface area contributed by atoms with Crippen LogP contribution in [0.1, 0.15) is 41.0 Å². The summed E-state index contributed by atoms with van der Waals surface area (Å²) in [5.74, 6) is -0.159. The third-order valence-electron chi connectivity index (χ3n) is 2.48. The molecule has 0 saturated heterocycles. The first-order valence-electron chi connectivity index (χ1n) is 5.87. The highest BCUT2D eigenvalue weighted by Crippen LogP contribution is 2.25. The van der Waals surface area contributed by atoms with E-state index in [9.17, 15) is 4.79 Å². The van der Waals surface area contributed by atoms with Crippen LogP contribution in [0.15, 0.2) is 0 Å². The number of esters is 1. The molecule has 0 spiro atoms. The molecule has 0 bridgehead atoms. The summed E-state index contributed by atoms with van der Waals surface area (Å²) in [6.45, 7) is 10.7. The van der Waals surface area contributed by atoms with Crippen LogP contribution in [0.25, 0.3) is 0 Å². The zero-order valence-corrected chi connectivity index (χ0v) is 12.1. The maximum atomic E-state index is 11.8. The molecule has 0 aromatic heterocycles. The number of carbonyl (C=O) groups is 1. The molecule has 0 amide bonds. The van der Waals surface area contributed by atoms with Gasteiger partial charge in [0.2, 0.25) is 0 Å². The number of likely N-dealkylation sites (N-methyl/N-ethyl adjacent to an activating group) is 1. The van der Waals surface area contributed by atoms with Crippen LogP contribution < -0.4 is 5.32 Å². The summed E-state index contributed by atoms with van der Waals surface area (Å²) in [4.78, 5) is 11.8. The van der Waals surface area contributed by atoms with Gasteiger partial charge in [-0.05, 0) is 32.6 Å². The molecule has 0 radical (unpaired) electrons. The molecule has 0 aromatic rings. The lowest BCUT2D eigenvalue weighted by Crippen LogP contribution is -2.50. The monoisotopic (exact) mass is 247 g/mol. The van der Waals surface area contributed by atoms with Gasteiger partial charge in [0.15, 0.2) is 0 Å². The average Bonchev–Trinajstić information content (AvgIpc) is 2.16. The molecule has 3 nitrogen and oxygen atoms in total. The summed E-state index contributed by atoms with van der Waals surface area (Å²) in [5, 5.41) is 4.09. The van der Waals surface area contributed by atoms with Crippen LogP contribution >= 0.6 is 11.8 Å². The Kier molecular flexibility index (Phi) is 7.07. The summed E-state index contributed by atoms with van der Waals surface area (Å²) in [5.41, 5.74) is -0.572. The number of carbonyl (C=O) groups excluding carboxylic acids is 1. The SMILES string of the molecule is CCOC(=O)C(C)(CC(C)SC(C)C)NC. The summed E-state index contributed by atoms with van der Waals surface area (Å²) in [6, 6.07) is 0. The fourth-order valence-corrected chi connectivity index (χ4v) is 3.02. The second-order valence-electron chi connectivity index (χ2n) is 4.50. The van der Waals surface area contributed by atoms with Gasteiger partial charge in [-0.2, -0.15) is 11.8 Å². The van der Waals surface area contributed by atoms with Gasteiger partial charge in [0.1, 0.15) is 5.54 Å². The van der Waals surface area contributed by atoms with Crippen molar-refractivity contribution >= 4 is 17.7 Å². The summed E-state index contributed by atoms with van der Waals surface area (Å²) >= 11 is 1.88. The van der Waals surface area contributed by atoms with Gasteiger partial charge in [-0.3, -0.25) is 4.79 Å². The van der Waals surface area contributed by atoms with E-state index in [1.54, 1.807) is 0 Å². The predicted molar refractivity (Wildman–Crippen MR) is 70.9 cm³/mol. The second kappa shape index (κ2) is 7.17. The van der Waals surface area contributed by atoms with Crippen LogP contribution in [-0.4, -0.2) is 35.7 Å². The van der Waals surface area contributed by atoms with E-state index in [2.05, 4.69) is 26.1 Å². The Morgan fingerprint density at radius 2 is 2.00 bits per heavy atom. The zero-order chi connectivity index (χ0) is 12.8. The highest BCUT2D eigenvalue weighted by atomic mass is 32.2. The Hall–Kier alpha value is -0.220. The Bertz CT molecular complexity index is 221. The van der Waals surface area contributed by atoms with Crippen molar-refractivity contribution in [2.45, 2.75) is 57.1 Å². The minimum Gasteiger partial charge on any atom is -0.465 e. The number of thioether (sulfide) groups is 1. The minimum atomic E-state index is -0.572. The van der Waals surface area contributed by atoms with Gasteiger partial charge in [0, 0.05) is 5.25 Å². The predicted octanol–water partition coefficient (Wildman–Crippen LogP) is 2.45. The maximum absolute atomic E-state index is 11.8. The average molecular weight is 247 g/mol. The fraction of sp³-hybridized carbons (Fsp3) is 0.917. The van der Waals surface area contributed by atoms with Crippen LogP contribution in [0.5, 0.6) is 0 Å². The van der Waals surface area contributed by atoms with Crippen LogP contribution in [-0.2, 0) is 9.53 Å². The highest BCUT2D eigenvalue weighted by Gasteiger charge is 2.34. The number of hydrogen-bond donors (Lipinski definition) is 1. The van der Waals surface area contributed by atoms with Crippen molar-refractivity contribution in [3.63, 3.8) is 0 Å². The van der Waals surface area contributed by atoms with Crippen molar-refractivity contribution in [2.24, 2.45) is 0 Å². The number of ether oxygens (including phenoxy) is 1. The Morgan fingerprint density at radius 1 is 1.44 bits per heavy atom. The molecule has 0 fully saturated rings. The molecule has 0 rings (SSSR count). The van der Waals surface area contributed by atoms with Gasteiger partial charge in [0.25, 0.3) is 0 Å². The molecule has 0 aromatic carbocycles. The molecule has 4 heteroatoms. The Morgan fingerprint density at radius 3 is 2.38 bits per heavy atom. The van der Waals surface area contributed by atoms with Crippen molar-refractivity contribution in [2.75, 3.05) is 13.7 Å². The largest absolute Gasteiger partial charge is 0.465 e. The normalized spacial score (nSPS) is 16.9. The van der Waals surface area contributed by atoms with Crippen molar-refractivity contribution in [1.29, 1.82) is 0 Å². The molecular weight excluding hydrogens is 222 g/mol. The molecule has 2 atom stereocenters. The number of nitrogens with one attached hydrogen (secondary N) is 1. The first-order valence-corrected chi connectivity index (χ1v) is 6.81. The van der Waals surface area contributed by atoms with E-state index in [1.807, 2.05) is 32.7 Å². The van der Waals surface area contributed by atoms with E-state index >= 15 is 0 Å². The smallest absolute Gasteiger partial charge is 0.326 e. The van der Waals surface area contributed by atoms with Crippen LogP contribution in [0.2, 0.25) is 0 Å². The van der Waals surface area contributed by atoms with E-state index in [4.69, 9.17) is 4.74 Å². The summed E-state index contributed by atoms with van der Waals surface area (Å²) < 4.78 is 5.09. The summed E-state index contributed by atoms with van der Waals surface area (Å²) in [6.07, 6.45) is 0.783. The van der Waals surface area contributed by atoms with E-state index in [1.165, 1.54) is 0 Å². The highest BCUT2D eigenvalue weighted by molar-refractivity contribution is 8.00.